The summed E-state index contributed by atoms with van der Waals surface area (Å²) in [6.45, 7) is 2.94. The number of carbonyl (C=O) groups is 1. The molecule has 0 spiro atoms. The Balaban J connectivity index is 0.00000256. The van der Waals surface area contributed by atoms with E-state index in [0.717, 1.165) is 49.1 Å². The first-order chi connectivity index (χ1) is 14.0. The van der Waals surface area contributed by atoms with E-state index in [0.29, 0.717) is 29.2 Å². The number of benzene rings is 1. The van der Waals surface area contributed by atoms with Crippen molar-refractivity contribution in [3.63, 3.8) is 0 Å². The van der Waals surface area contributed by atoms with Gasteiger partial charge in [-0.2, -0.15) is 4.98 Å². The molecule has 10 heteroatoms. The Morgan fingerprint density at radius 2 is 2.13 bits per heavy atom. The SMILES string of the molecule is CN(CC(N)=O)Cc1nc(-c2cn(CC3CCOCC3)c3c(Cl)cccc23)no1.Cl. The normalized spacial score (nSPS) is 14.9. The van der Waals surface area contributed by atoms with E-state index in [4.69, 9.17) is 26.6 Å². The van der Waals surface area contributed by atoms with Crippen LogP contribution in [0.1, 0.15) is 18.7 Å². The van der Waals surface area contributed by atoms with Crippen molar-refractivity contribution in [3.8, 4) is 11.4 Å². The van der Waals surface area contributed by atoms with Crippen LogP contribution >= 0.6 is 24.0 Å². The molecule has 0 atom stereocenters. The first kappa shape index (κ1) is 22.6. The smallest absolute Gasteiger partial charge is 0.241 e. The van der Waals surface area contributed by atoms with Crippen LogP contribution in [0.15, 0.2) is 28.9 Å². The summed E-state index contributed by atoms with van der Waals surface area (Å²) < 4.78 is 13.1. The number of primary amides is 1. The summed E-state index contributed by atoms with van der Waals surface area (Å²) >= 11 is 6.54. The summed E-state index contributed by atoms with van der Waals surface area (Å²) in [6, 6.07) is 5.84. The molecule has 2 N–H and O–H groups in total. The van der Waals surface area contributed by atoms with Crippen LogP contribution in [-0.2, 0) is 22.6 Å². The van der Waals surface area contributed by atoms with E-state index in [2.05, 4.69) is 14.7 Å². The van der Waals surface area contributed by atoms with E-state index in [-0.39, 0.29) is 19.0 Å². The predicted molar refractivity (Wildman–Crippen MR) is 117 cm³/mol. The molecule has 1 saturated heterocycles. The van der Waals surface area contributed by atoms with Crippen LogP contribution in [0.2, 0.25) is 5.02 Å². The fourth-order valence-electron chi connectivity index (χ4n) is 3.83. The second-order valence-corrected chi connectivity index (χ2v) is 7.94. The molecule has 162 valence electrons. The van der Waals surface area contributed by atoms with Crippen LogP contribution in [0.25, 0.3) is 22.3 Å². The zero-order valence-corrected chi connectivity index (χ0v) is 18.3. The van der Waals surface area contributed by atoms with Gasteiger partial charge in [0.15, 0.2) is 0 Å². The first-order valence-corrected chi connectivity index (χ1v) is 10.0. The van der Waals surface area contributed by atoms with Gasteiger partial charge < -0.3 is 19.6 Å². The monoisotopic (exact) mass is 453 g/mol. The van der Waals surface area contributed by atoms with E-state index in [1.807, 2.05) is 24.4 Å². The molecule has 1 amide bonds. The van der Waals surface area contributed by atoms with Crippen molar-refractivity contribution in [2.75, 3.05) is 26.8 Å². The predicted octanol–water partition coefficient (Wildman–Crippen LogP) is 3.11. The molecule has 1 aliphatic heterocycles. The highest BCUT2D eigenvalue weighted by atomic mass is 35.5. The number of aromatic nitrogens is 3. The van der Waals surface area contributed by atoms with Crippen molar-refractivity contribution in [2.45, 2.75) is 25.9 Å². The first-order valence-electron chi connectivity index (χ1n) is 9.66. The fourth-order valence-corrected chi connectivity index (χ4v) is 4.11. The number of carbonyl (C=O) groups excluding carboxylic acids is 1. The van der Waals surface area contributed by atoms with Crippen LogP contribution in [0.4, 0.5) is 0 Å². The van der Waals surface area contributed by atoms with Gasteiger partial charge in [0.25, 0.3) is 0 Å². The van der Waals surface area contributed by atoms with Crippen LogP contribution < -0.4 is 5.73 Å². The summed E-state index contributed by atoms with van der Waals surface area (Å²) in [6.07, 6.45) is 4.13. The number of hydrogen-bond acceptors (Lipinski definition) is 6. The molecule has 0 unspecified atom stereocenters. The van der Waals surface area contributed by atoms with Gasteiger partial charge in [-0.3, -0.25) is 9.69 Å². The molecule has 0 bridgehead atoms. The Bertz CT molecular complexity index is 1010. The number of para-hydroxylation sites is 1. The lowest BCUT2D eigenvalue weighted by atomic mass is 10.0. The van der Waals surface area contributed by atoms with Crippen molar-refractivity contribution in [1.29, 1.82) is 0 Å². The highest BCUT2D eigenvalue weighted by molar-refractivity contribution is 6.35. The lowest BCUT2D eigenvalue weighted by molar-refractivity contribution is -0.119. The van der Waals surface area contributed by atoms with Crippen molar-refractivity contribution in [3.05, 3.63) is 35.3 Å². The minimum atomic E-state index is -0.405. The molecular weight excluding hydrogens is 429 g/mol. The maximum Gasteiger partial charge on any atom is 0.241 e. The second kappa shape index (κ2) is 9.78. The number of nitrogens with two attached hydrogens (primary N) is 1. The molecule has 30 heavy (non-hydrogen) atoms. The van der Waals surface area contributed by atoms with Gasteiger partial charge in [-0.25, -0.2) is 0 Å². The van der Waals surface area contributed by atoms with Crippen molar-refractivity contribution in [1.82, 2.24) is 19.6 Å². The Labute approximate surface area is 185 Å². The van der Waals surface area contributed by atoms with Crippen LogP contribution in [0.3, 0.4) is 0 Å². The third kappa shape index (κ3) is 4.95. The van der Waals surface area contributed by atoms with Crippen molar-refractivity contribution in [2.24, 2.45) is 11.7 Å². The van der Waals surface area contributed by atoms with Crippen LogP contribution in [0, 0.1) is 5.92 Å². The zero-order valence-electron chi connectivity index (χ0n) is 16.7. The molecule has 3 heterocycles. The van der Waals surface area contributed by atoms with E-state index in [1.54, 1.807) is 11.9 Å². The maximum atomic E-state index is 11.1. The molecule has 1 aromatic carbocycles. The standard InChI is InChI=1S/C20H24ClN5O3.ClH/c1-25(11-17(22)27)12-18-23-20(24-29-18)15-10-26(9-13-5-7-28-8-6-13)19-14(15)3-2-4-16(19)21;/h2-4,10,13H,5-9,11-12H2,1H3,(H2,22,27);1H. The van der Waals surface area contributed by atoms with Gasteiger partial charge in [0, 0.05) is 36.9 Å². The number of fused-ring (bicyclic) bond motifs is 1. The summed E-state index contributed by atoms with van der Waals surface area (Å²) in [4.78, 5) is 17.3. The van der Waals surface area contributed by atoms with E-state index >= 15 is 0 Å². The summed E-state index contributed by atoms with van der Waals surface area (Å²) in [5.41, 5.74) is 7.09. The quantitative estimate of drug-likeness (QED) is 0.589. The van der Waals surface area contributed by atoms with Crippen molar-refractivity contribution >= 4 is 40.8 Å². The molecular formula is C20H25Cl2N5O3. The minimum Gasteiger partial charge on any atom is -0.381 e. The largest absolute Gasteiger partial charge is 0.381 e. The number of rotatable bonds is 7. The summed E-state index contributed by atoms with van der Waals surface area (Å²) in [7, 11) is 1.77. The number of nitrogens with zero attached hydrogens (tertiary/aromatic N) is 4. The van der Waals surface area contributed by atoms with E-state index in [9.17, 15) is 4.79 Å². The highest BCUT2D eigenvalue weighted by Gasteiger charge is 2.21. The van der Waals surface area contributed by atoms with E-state index in [1.165, 1.54) is 0 Å². The van der Waals surface area contributed by atoms with Crippen molar-refractivity contribution < 1.29 is 14.1 Å². The average molecular weight is 454 g/mol. The molecule has 0 aliphatic carbocycles. The Morgan fingerprint density at radius 3 is 2.87 bits per heavy atom. The van der Waals surface area contributed by atoms with Crippen LogP contribution in [0.5, 0.6) is 0 Å². The van der Waals surface area contributed by atoms with Gasteiger partial charge in [-0.1, -0.05) is 28.9 Å². The number of likely N-dealkylation sites (N-methyl/N-ethyl adjacent to an activating group) is 1. The Morgan fingerprint density at radius 1 is 1.37 bits per heavy atom. The van der Waals surface area contributed by atoms with Gasteiger partial charge >= 0.3 is 0 Å². The van der Waals surface area contributed by atoms with Crippen LogP contribution in [-0.4, -0.2) is 52.3 Å². The molecule has 0 radical (unpaired) electrons. The number of amides is 1. The molecule has 3 aromatic rings. The lowest BCUT2D eigenvalue weighted by Crippen LogP contribution is -2.30. The third-order valence-corrected chi connectivity index (χ3v) is 5.49. The van der Waals surface area contributed by atoms with E-state index < -0.39 is 5.91 Å². The zero-order chi connectivity index (χ0) is 20.4. The Kier molecular flexibility index (Phi) is 7.36. The van der Waals surface area contributed by atoms with Gasteiger partial charge in [-0.15, -0.1) is 12.4 Å². The topological polar surface area (TPSA) is 99.4 Å². The third-order valence-electron chi connectivity index (χ3n) is 5.18. The summed E-state index contributed by atoms with van der Waals surface area (Å²) in [5, 5.41) is 5.84. The molecule has 1 aliphatic rings. The molecule has 8 nitrogen and oxygen atoms in total. The number of hydrogen-bond donors (Lipinski definition) is 1. The van der Waals surface area contributed by atoms with Gasteiger partial charge in [-0.05, 0) is 31.9 Å². The maximum absolute atomic E-state index is 11.1. The average Bonchev–Trinajstić information content (AvgIpc) is 3.27. The molecule has 2 aromatic heterocycles. The molecule has 4 rings (SSSR count). The van der Waals surface area contributed by atoms with Gasteiger partial charge in [0.2, 0.25) is 17.6 Å². The highest BCUT2D eigenvalue weighted by Crippen LogP contribution is 2.34. The van der Waals surface area contributed by atoms with Gasteiger partial charge in [0.05, 0.1) is 23.6 Å². The fraction of sp³-hybridized carbons (Fsp3) is 0.450. The molecule has 0 saturated carbocycles. The Hall–Kier alpha value is -2.13. The number of halogens is 2. The second-order valence-electron chi connectivity index (χ2n) is 7.54. The van der Waals surface area contributed by atoms with Gasteiger partial charge in [0.1, 0.15) is 0 Å². The minimum absolute atomic E-state index is 0. The number of ether oxygens (including phenoxy) is 1. The lowest BCUT2D eigenvalue weighted by Gasteiger charge is -2.23. The molecule has 1 fully saturated rings. The summed E-state index contributed by atoms with van der Waals surface area (Å²) in [5.74, 6) is 1.08.